The summed E-state index contributed by atoms with van der Waals surface area (Å²) in [4.78, 5) is 11.4. The van der Waals surface area contributed by atoms with Crippen LogP contribution < -0.4 is 4.72 Å². The molecule has 0 heterocycles. The number of carbonyl (C=O) groups is 1. The van der Waals surface area contributed by atoms with Crippen LogP contribution in [0.25, 0.3) is 11.1 Å². The van der Waals surface area contributed by atoms with Crippen molar-refractivity contribution >= 4 is 33.3 Å². The minimum atomic E-state index is -3.59. The summed E-state index contributed by atoms with van der Waals surface area (Å²) in [6.45, 7) is 0. The Kier molecular flexibility index (Phi) is 6.02. The Bertz CT molecular complexity index is 1060. The van der Waals surface area contributed by atoms with Gasteiger partial charge in [-0.2, -0.15) is 0 Å². The highest BCUT2D eigenvalue weighted by atomic mass is 35.5. The zero-order valence-corrected chi connectivity index (χ0v) is 16.6. The van der Waals surface area contributed by atoms with Crippen LogP contribution in [0.4, 0.5) is 5.69 Å². The molecule has 7 heteroatoms. The number of hydrogen-bond donors (Lipinski definition) is 1. The molecule has 0 bridgehead atoms. The van der Waals surface area contributed by atoms with Crippen molar-refractivity contribution in [1.82, 2.24) is 0 Å². The molecule has 0 aliphatic rings. The summed E-state index contributed by atoms with van der Waals surface area (Å²) in [5, 5.41) is 0.660. The Morgan fingerprint density at radius 2 is 1.43 bits per heavy atom. The number of rotatable bonds is 6. The van der Waals surface area contributed by atoms with Crippen LogP contribution in [0.2, 0.25) is 5.02 Å². The largest absolute Gasteiger partial charge is 0.465 e. The summed E-state index contributed by atoms with van der Waals surface area (Å²) in [5.74, 6) is -0.666. The summed E-state index contributed by atoms with van der Waals surface area (Å²) in [6, 6.07) is 20.8. The maximum Gasteiger partial charge on any atom is 0.337 e. The first-order valence-corrected chi connectivity index (χ1v) is 10.4. The van der Waals surface area contributed by atoms with Gasteiger partial charge >= 0.3 is 5.97 Å². The van der Waals surface area contributed by atoms with Gasteiger partial charge < -0.3 is 4.74 Å². The van der Waals surface area contributed by atoms with Gasteiger partial charge in [-0.3, -0.25) is 4.72 Å². The van der Waals surface area contributed by atoms with Crippen LogP contribution in [0.15, 0.2) is 72.8 Å². The van der Waals surface area contributed by atoms with Gasteiger partial charge in [0.25, 0.3) is 0 Å². The fourth-order valence-electron chi connectivity index (χ4n) is 2.66. The number of sulfonamides is 1. The molecule has 3 rings (SSSR count). The number of ether oxygens (including phenoxy) is 1. The quantitative estimate of drug-likeness (QED) is 0.590. The zero-order valence-electron chi connectivity index (χ0n) is 15.1. The molecule has 144 valence electrons. The van der Waals surface area contributed by atoms with E-state index in [9.17, 15) is 13.2 Å². The first kappa shape index (κ1) is 19.9. The number of esters is 1. The van der Waals surface area contributed by atoms with E-state index in [0.29, 0.717) is 21.8 Å². The van der Waals surface area contributed by atoms with Crippen LogP contribution in [0.5, 0.6) is 0 Å². The molecular formula is C21H18ClNO4S. The lowest BCUT2D eigenvalue weighted by Gasteiger charge is -2.10. The van der Waals surface area contributed by atoms with Crippen LogP contribution >= 0.6 is 11.6 Å². The van der Waals surface area contributed by atoms with E-state index in [1.165, 1.54) is 19.2 Å². The Labute approximate surface area is 169 Å². The number of anilines is 1. The highest BCUT2D eigenvalue weighted by Gasteiger charge is 2.13. The summed E-state index contributed by atoms with van der Waals surface area (Å²) in [5.41, 5.74) is 3.36. The monoisotopic (exact) mass is 415 g/mol. The lowest BCUT2D eigenvalue weighted by molar-refractivity contribution is 0.0600. The number of hydrogen-bond acceptors (Lipinski definition) is 4. The van der Waals surface area contributed by atoms with Gasteiger partial charge in [0, 0.05) is 10.7 Å². The Morgan fingerprint density at radius 3 is 1.96 bits per heavy atom. The lowest BCUT2D eigenvalue weighted by Crippen LogP contribution is -2.15. The van der Waals surface area contributed by atoms with E-state index in [0.717, 1.165) is 11.1 Å². The summed E-state index contributed by atoms with van der Waals surface area (Å²) in [7, 11) is -2.30. The van der Waals surface area contributed by atoms with Gasteiger partial charge in [0.05, 0.1) is 18.4 Å². The van der Waals surface area contributed by atoms with Gasteiger partial charge in [-0.1, -0.05) is 48.0 Å². The molecule has 0 fully saturated rings. The van der Waals surface area contributed by atoms with Crippen molar-refractivity contribution in [2.45, 2.75) is 5.75 Å². The molecule has 0 radical (unpaired) electrons. The molecule has 0 saturated heterocycles. The van der Waals surface area contributed by atoms with Crippen molar-refractivity contribution in [2.24, 2.45) is 0 Å². The SMILES string of the molecule is COC(=O)c1ccc(CS(=O)(=O)Nc2ccc(-c3ccc(Cl)cc3)cc2)cc1. The van der Waals surface area contributed by atoms with Gasteiger partial charge in [0.15, 0.2) is 0 Å². The summed E-state index contributed by atoms with van der Waals surface area (Å²) < 4.78 is 32.0. The highest BCUT2D eigenvalue weighted by molar-refractivity contribution is 7.91. The third kappa shape index (κ3) is 5.12. The molecule has 0 aliphatic carbocycles. The van der Waals surface area contributed by atoms with Gasteiger partial charge in [-0.25, -0.2) is 13.2 Å². The van der Waals surface area contributed by atoms with E-state index in [1.54, 1.807) is 36.4 Å². The van der Waals surface area contributed by atoms with Gasteiger partial charge in [0.2, 0.25) is 10.0 Å². The maximum atomic E-state index is 12.4. The zero-order chi connectivity index (χ0) is 20.1. The fourth-order valence-corrected chi connectivity index (χ4v) is 3.99. The van der Waals surface area contributed by atoms with Crippen LogP contribution in [0, 0.1) is 0 Å². The molecule has 5 nitrogen and oxygen atoms in total. The molecule has 28 heavy (non-hydrogen) atoms. The Hall–Kier alpha value is -2.83. The van der Waals surface area contributed by atoms with E-state index in [1.807, 2.05) is 24.3 Å². The van der Waals surface area contributed by atoms with E-state index in [2.05, 4.69) is 9.46 Å². The standard InChI is InChI=1S/C21H18ClNO4S/c1-27-21(24)18-4-2-15(3-5-18)14-28(25,26)23-20-12-8-17(9-13-20)16-6-10-19(22)11-7-16/h2-13,23H,14H2,1H3. The fraction of sp³-hybridized carbons (Fsp3) is 0.0952. The molecule has 0 unspecified atom stereocenters. The third-order valence-electron chi connectivity index (χ3n) is 4.07. The smallest absolute Gasteiger partial charge is 0.337 e. The van der Waals surface area contributed by atoms with Gasteiger partial charge in [0.1, 0.15) is 0 Å². The predicted molar refractivity (Wildman–Crippen MR) is 111 cm³/mol. The van der Waals surface area contributed by atoms with E-state index >= 15 is 0 Å². The average molecular weight is 416 g/mol. The van der Waals surface area contributed by atoms with Crippen molar-refractivity contribution in [3.63, 3.8) is 0 Å². The van der Waals surface area contributed by atoms with Crippen molar-refractivity contribution < 1.29 is 17.9 Å². The first-order valence-electron chi connectivity index (χ1n) is 8.40. The van der Waals surface area contributed by atoms with Crippen LogP contribution in [0.3, 0.4) is 0 Å². The minimum absolute atomic E-state index is 0.201. The lowest BCUT2D eigenvalue weighted by atomic mass is 10.1. The second-order valence-corrected chi connectivity index (χ2v) is 8.29. The Balaban J connectivity index is 1.68. The molecular weight excluding hydrogens is 398 g/mol. The average Bonchev–Trinajstić information content (AvgIpc) is 2.68. The number of methoxy groups -OCH3 is 1. The maximum absolute atomic E-state index is 12.4. The summed E-state index contributed by atoms with van der Waals surface area (Å²) >= 11 is 5.90. The topological polar surface area (TPSA) is 72.5 Å². The molecule has 1 N–H and O–H groups in total. The van der Waals surface area contributed by atoms with Gasteiger partial charge in [-0.15, -0.1) is 0 Å². The van der Waals surface area contributed by atoms with Crippen molar-refractivity contribution in [3.05, 3.63) is 88.9 Å². The third-order valence-corrected chi connectivity index (χ3v) is 5.58. The van der Waals surface area contributed by atoms with Crippen molar-refractivity contribution in [2.75, 3.05) is 11.8 Å². The van der Waals surface area contributed by atoms with Crippen LogP contribution in [0.1, 0.15) is 15.9 Å². The number of nitrogens with one attached hydrogen (secondary N) is 1. The predicted octanol–water partition coefficient (Wildman–Crippen LogP) is 4.74. The molecule has 0 saturated carbocycles. The summed E-state index contributed by atoms with van der Waals surface area (Å²) in [6.07, 6.45) is 0. The second kappa shape index (κ2) is 8.46. The molecule has 0 aliphatic heterocycles. The normalized spacial score (nSPS) is 11.1. The highest BCUT2D eigenvalue weighted by Crippen LogP contribution is 2.24. The minimum Gasteiger partial charge on any atom is -0.465 e. The van der Waals surface area contributed by atoms with Crippen molar-refractivity contribution in [3.8, 4) is 11.1 Å². The van der Waals surface area contributed by atoms with Crippen LogP contribution in [-0.2, 0) is 20.5 Å². The van der Waals surface area contributed by atoms with Crippen LogP contribution in [-0.4, -0.2) is 21.5 Å². The van der Waals surface area contributed by atoms with E-state index in [4.69, 9.17) is 11.6 Å². The van der Waals surface area contributed by atoms with Crippen molar-refractivity contribution in [1.29, 1.82) is 0 Å². The molecule has 0 spiro atoms. The molecule has 3 aromatic carbocycles. The molecule has 0 amide bonds. The molecule has 3 aromatic rings. The van der Waals surface area contributed by atoms with Gasteiger partial charge in [-0.05, 0) is 53.1 Å². The van der Waals surface area contributed by atoms with E-state index < -0.39 is 16.0 Å². The molecule has 0 atom stereocenters. The van der Waals surface area contributed by atoms with E-state index in [-0.39, 0.29) is 5.75 Å². The number of carbonyl (C=O) groups excluding carboxylic acids is 1. The number of benzene rings is 3. The Morgan fingerprint density at radius 1 is 0.893 bits per heavy atom. The number of halogens is 1. The molecule has 0 aromatic heterocycles. The second-order valence-electron chi connectivity index (χ2n) is 6.13. The first-order chi connectivity index (χ1) is 13.4.